The molecule has 2 N–H and O–H groups in total. The Morgan fingerprint density at radius 3 is 2.41 bits per heavy atom. The van der Waals surface area contributed by atoms with Gasteiger partial charge in [0.05, 0.1) is 12.0 Å². The maximum absolute atomic E-state index is 12.1. The summed E-state index contributed by atoms with van der Waals surface area (Å²) in [6.45, 7) is 10.6. The van der Waals surface area contributed by atoms with Crippen molar-refractivity contribution in [3.05, 3.63) is 35.4 Å². The molecule has 1 rings (SSSR count). The molecule has 0 atom stereocenters. The van der Waals surface area contributed by atoms with Gasteiger partial charge in [-0.3, -0.25) is 4.79 Å². The predicted molar refractivity (Wildman–Crippen MR) is 85.8 cm³/mol. The van der Waals surface area contributed by atoms with Crippen LogP contribution in [0.25, 0.3) is 0 Å². The zero-order valence-corrected chi connectivity index (χ0v) is 14.1. The maximum atomic E-state index is 12.1. The summed E-state index contributed by atoms with van der Waals surface area (Å²) in [7, 11) is 0. The molecule has 22 heavy (non-hydrogen) atoms. The van der Waals surface area contributed by atoms with Crippen LogP contribution < -0.4 is 5.73 Å². The molecule has 5 heteroatoms. The van der Waals surface area contributed by atoms with Gasteiger partial charge in [-0.05, 0) is 44.4 Å². The van der Waals surface area contributed by atoms with Crippen molar-refractivity contribution in [1.82, 2.24) is 5.06 Å². The molecule has 0 aliphatic heterocycles. The molecule has 1 aromatic carbocycles. The molecule has 1 aromatic rings. The molecule has 0 spiro atoms. The van der Waals surface area contributed by atoms with Gasteiger partial charge in [-0.15, -0.1) is 5.06 Å². The van der Waals surface area contributed by atoms with E-state index in [-0.39, 0.29) is 5.97 Å². The van der Waals surface area contributed by atoms with Crippen LogP contribution >= 0.6 is 0 Å². The van der Waals surface area contributed by atoms with Gasteiger partial charge >= 0.3 is 5.97 Å². The van der Waals surface area contributed by atoms with Crippen molar-refractivity contribution < 1.29 is 14.4 Å². The minimum absolute atomic E-state index is 0.279. The smallest absolute Gasteiger partial charge is 0.330 e. The number of nitrogens with two attached hydrogens (primary N) is 1. The standard InChI is InChI=1S/C17H26N2O3/c1-12(2)10-19(22-16(21)17(3,4)5)11-13-7-6-8-14(9-13)15(18)20/h6-9,12H,10-11H2,1-5H3,(H2,18,20). The van der Waals surface area contributed by atoms with Gasteiger partial charge in [0.25, 0.3) is 0 Å². The average molecular weight is 306 g/mol. The van der Waals surface area contributed by atoms with E-state index in [4.69, 9.17) is 10.6 Å². The van der Waals surface area contributed by atoms with Crippen molar-refractivity contribution in [3.8, 4) is 0 Å². The third kappa shape index (κ3) is 5.85. The van der Waals surface area contributed by atoms with E-state index in [0.717, 1.165) is 5.56 Å². The molecule has 0 bridgehead atoms. The molecule has 0 fully saturated rings. The number of benzene rings is 1. The molecule has 122 valence electrons. The number of rotatable bonds is 6. The first-order valence-electron chi connectivity index (χ1n) is 7.45. The van der Waals surface area contributed by atoms with Gasteiger partial charge in [-0.2, -0.15) is 0 Å². The first-order valence-corrected chi connectivity index (χ1v) is 7.45. The lowest BCUT2D eigenvalue weighted by molar-refractivity contribution is -0.205. The molecule has 0 radical (unpaired) electrons. The van der Waals surface area contributed by atoms with Crippen LogP contribution in [0.2, 0.25) is 0 Å². The highest BCUT2D eigenvalue weighted by atomic mass is 16.7. The van der Waals surface area contributed by atoms with Gasteiger partial charge in [0.1, 0.15) is 0 Å². The molecule has 0 saturated heterocycles. The highest BCUT2D eigenvalue weighted by Crippen LogP contribution is 2.18. The third-order valence-corrected chi connectivity index (χ3v) is 2.96. The lowest BCUT2D eigenvalue weighted by Crippen LogP contribution is -2.35. The zero-order chi connectivity index (χ0) is 16.9. The number of hydroxylamine groups is 2. The second-order valence-electron chi connectivity index (χ2n) is 6.91. The summed E-state index contributed by atoms with van der Waals surface area (Å²) in [6, 6.07) is 7.04. The Morgan fingerprint density at radius 1 is 1.27 bits per heavy atom. The van der Waals surface area contributed by atoms with E-state index in [2.05, 4.69) is 13.8 Å². The number of hydrogen-bond donors (Lipinski definition) is 1. The minimum Gasteiger partial charge on any atom is -0.367 e. The van der Waals surface area contributed by atoms with Gasteiger partial charge in [0, 0.05) is 12.1 Å². The highest BCUT2D eigenvalue weighted by Gasteiger charge is 2.26. The molecule has 0 unspecified atom stereocenters. The van der Waals surface area contributed by atoms with Crippen LogP contribution in [0.5, 0.6) is 0 Å². The second-order valence-corrected chi connectivity index (χ2v) is 6.91. The topological polar surface area (TPSA) is 72.6 Å². The van der Waals surface area contributed by atoms with E-state index < -0.39 is 11.3 Å². The predicted octanol–water partition coefficient (Wildman–Crippen LogP) is 2.75. The molecule has 1 amide bonds. The minimum atomic E-state index is -0.565. The summed E-state index contributed by atoms with van der Waals surface area (Å²) >= 11 is 0. The fraction of sp³-hybridized carbons (Fsp3) is 0.529. The van der Waals surface area contributed by atoms with E-state index in [9.17, 15) is 9.59 Å². The number of nitrogens with zero attached hydrogens (tertiary/aromatic N) is 1. The van der Waals surface area contributed by atoms with Gasteiger partial charge in [0.15, 0.2) is 0 Å². The van der Waals surface area contributed by atoms with E-state index in [1.807, 2.05) is 26.8 Å². The summed E-state index contributed by atoms with van der Waals surface area (Å²) < 4.78 is 0. The molecule has 0 aliphatic rings. The molecule has 0 aliphatic carbocycles. The summed E-state index contributed by atoms with van der Waals surface area (Å²) in [5, 5.41) is 1.64. The molecular weight excluding hydrogens is 280 g/mol. The van der Waals surface area contributed by atoms with Crippen molar-refractivity contribution >= 4 is 11.9 Å². The van der Waals surface area contributed by atoms with Crippen molar-refractivity contribution in [1.29, 1.82) is 0 Å². The number of carbonyl (C=O) groups excluding carboxylic acids is 2. The average Bonchev–Trinajstić information content (AvgIpc) is 2.36. The van der Waals surface area contributed by atoms with Gasteiger partial charge < -0.3 is 10.6 Å². The van der Waals surface area contributed by atoms with Crippen molar-refractivity contribution in [2.75, 3.05) is 6.54 Å². The SMILES string of the molecule is CC(C)CN(Cc1cccc(C(N)=O)c1)OC(=O)C(C)(C)C. The van der Waals surface area contributed by atoms with Crippen LogP contribution in [0, 0.1) is 11.3 Å². The largest absolute Gasteiger partial charge is 0.367 e. The van der Waals surface area contributed by atoms with Crippen molar-refractivity contribution in [3.63, 3.8) is 0 Å². The molecule has 0 saturated carbocycles. The Morgan fingerprint density at radius 2 is 1.91 bits per heavy atom. The number of amides is 1. The van der Waals surface area contributed by atoms with Gasteiger partial charge in [0.2, 0.25) is 5.91 Å². The van der Waals surface area contributed by atoms with Crippen LogP contribution in [0.4, 0.5) is 0 Å². The Kier molecular flexibility index (Phi) is 6.11. The third-order valence-electron chi connectivity index (χ3n) is 2.96. The maximum Gasteiger partial charge on any atom is 0.330 e. The first kappa shape index (κ1) is 18.2. The number of hydrogen-bond acceptors (Lipinski definition) is 4. The summed E-state index contributed by atoms with van der Waals surface area (Å²) in [4.78, 5) is 28.8. The normalized spacial score (nSPS) is 11.8. The molecule has 0 aromatic heterocycles. The van der Waals surface area contributed by atoms with Crippen molar-refractivity contribution in [2.24, 2.45) is 17.1 Å². The highest BCUT2D eigenvalue weighted by molar-refractivity contribution is 5.92. The first-order chi connectivity index (χ1) is 10.1. The lowest BCUT2D eigenvalue weighted by Gasteiger charge is -2.26. The fourth-order valence-electron chi connectivity index (χ4n) is 1.82. The number of carbonyl (C=O) groups is 2. The monoisotopic (exact) mass is 306 g/mol. The van der Waals surface area contributed by atoms with Crippen LogP contribution in [0.15, 0.2) is 24.3 Å². The van der Waals surface area contributed by atoms with Crippen LogP contribution in [0.1, 0.15) is 50.5 Å². The van der Waals surface area contributed by atoms with E-state index in [1.165, 1.54) is 0 Å². The Bertz CT molecular complexity index is 533. The van der Waals surface area contributed by atoms with Gasteiger partial charge in [-0.1, -0.05) is 26.0 Å². The zero-order valence-electron chi connectivity index (χ0n) is 14.1. The summed E-state index contributed by atoms with van der Waals surface area (Å²) in [5.74, 6) is -0.407. The molecule has 0 heterocycles. The molecule has 5 nitrogen and oxygen atoms in total. The van der Waals surface area contributed by atoms with E-state index >= 15 is 0 Å². The Balaban J connectivity index is 2.87. The van der Waals surface area contributed by atoms with Gasteiger partial charge in [-0.25, -0.2) is 4.79 Å². The quantitative estimate of drug-likeness (QED) is 0.820. The lowest BCUT2D eigenvalue weighted by atomic mass is 9.98. The summed E-state index contributed by atoms with van der Waals surface area (Å²) in [5.41, 5.74) is 6.05. The Hall–Kier alpha value is -1.88. The summed E-state index contributed by atoms with van der Waals surface area (Å²) in [6.07, 6.45) is 0. The van der Waals surface area contributed by atoms with Crippen molar-refractivity contribution in [2.45, 2.75) is 41.2 Å². The number of primary amides is 1. The fourth-order valence-corrected chi connectivity index (χ4v) is 1.82. The molecular formula is C17H26N2O3. The second kappa shape index (κ2) is 7.40. The van der Waals surface area contributed by atoms with E-state index in [1.54, 1.807) is 23.3 Å². The van der Waals surface area contributed by atoms with Crippen LogP contribution in [-0.2, 0) is 16.2 Å². The van der Waals surface area contributed by atoms with E-state index in [0.29, 0.717) is 24.6 Å². The Labute approximate surface area is 132 Å². The van der Waals surface area contributed by atoms with Crippen LogP contribution in [-0.4, -0.2) is 23.5 Å². The van der Waals surface area contributed by atoms with Crippen LogP contribution in [0.3, 0.4) is 0 Å².